The molecular weight excluding hydrogens is 382 g/mol. The minimum atomic E-state index is 0.445. The molecule has 0 unspecified atom stereocenters. The molecule has 124 valence electrons. The molecule has 0 radical (unpaired) electrons. The summed E-state index contributed by atoms with van der Waals surface area (Å²) in [7, 11) is 1.90. The van der Waals surface area contributed by atoms with Gasteiger partial charge in [-0.3, -0.25) is 9.97 Å². The lowest BCUT2D eigenvalue weighted by atomic mass is 10.1. The van der Waals surface area contributed by atoms with E-state index in [1.54, 1.807) is 12.4 Å². The predicted octanol–water partition coefficient (Wildman–Crippen LogP) is 4.08. The number of aromatic nitrogens is 4. The first-order valence-corrected chi connectivity index (χ1v) is 8.50. The topological polar surface area (TPSA) is 67.9 Å². The van der Waals surface area contributed by atoms with Gasteiger partial charge in [-0.25, -0.2) is 0 Å². The molecule has 7 heteroatoms. The van der Waals surface area contributed by atoms with Gasteiger partial charge in [0.2, 0.25) is 5.89 Å². The molecule has 0 aliphatic heterocycles. The highest BCUT2D eigenvalue weighted by molar-refractivity contribution is 9.10. The van der Waals surface area contributed by atoms with Crippen molar-refractivity contribution in [1.82, 2.24) is 20.2 Å². The van der Waals surface area contributed by atoms with E-state index in [2.05, 4.69) is 36.1 Å². The second-order valence-corrected chi connectivity index (χ2v) is 6.42. The summed E-state index contributed by atoms with van der Waals surface area (Å²) in [5.74, 6) is 0.466. The Morgan fingerprint density at radius 3 is 2.76 bits per heavy atom. The average Bonchev–Trinajstić information content (AvgIpc) is 3.13. The van der Waals surface area contributed by atoms with Crippen molar-refractivity contribution < 1.29 is 4.42 Å². The SMILES string of the molecule is CN(Cc1ccccn1)c1nnc(-c2ccnc3c(Br)cccc23)o1. The van der Waals surface area contributed by atoms with Crippen LogP contribution in [-0.2, 0) is 6.54 Å². The third-order valence-corrected chi connectivity index (χ3v) is 4.46. The van der Waals surface area contributed by atoms with Crippen molar-refractivity contribution in [2.24, 2.45) is 0 Å². The van der Waals surface area contributed by atoms with Crippen molar-refractivity contribution in [2.75, 3.05) is 11.9 Å². The number of nitrogens with zero attached hydrogens (tertiary/aromatic N) is 5. The van der Waals surface area contributed by atoms with Gasteiger partial charge in [-0.05, 0) is 40.2 Å². The van der Waals surface area contributed by atoms with Crippen LogP contribution in [0.15, 0.2) is 63.7 Å². The van der Waals surface area contributed by atoms with Crippen LogP contribution < -0.4 is 4.90 Å². The van der Waals surface area contributed by atoms with Gasteiger partial charge in [-0.1, -0.05) is 23.3 Å². The van der Waals surface area contributed by atoms with E-state index in [4.69, 9.17) is 4.42 Å². The molecule has 0 amide bonds. The maximum Gasteiger partial charge on any atom is 0.318 e. The highest BCUT2D eigenvalue weighted by Crippen LogP contribution is 2.31. The molecule has 0 spiro atoms. The van der Waals surface area contributed by atoms with Crippen LogP contribution in [0.1, 0.15) is 5.69 Å². The number of pyridine rings is 2. The highest BCUT2D eigenvalue weighted by Gasteiger charge is 2.16. The van der Waals surface area contributed by atoms with Crippen LogP contribution in [0.3, 0.4) is 0 Å². The Morgan fingerprint density at radius 1 is 1.00 bits per heavy atom. The molecular formula is C18H14BrN5O. The van der Waals surface area contributed by atoms with Crippen LogP contribution >= 0.6 is 15.9 Å². The van der Waals surface area contributed by atoms with E-state index in [0.717, 1.165) is 26.6 Å². The summed E-state index contributed by atoms with van der Waals surface area (Å²) in [6.07, 6.45) is 3.51. The summed E-state index contributed by atoms with van der Waals surface area (Å²) in [5, 5.41) is 9.33. The lowest BCUT2D eigenvalue weighted by molar-refractivity contribution is 0.554. The lowest BCUT2D eigenvalue weighted by Gasteiger charge is -2.12. The minimum absolute atomic E-state index is 0.445. The van der Waals surface area contributed by atoms with Crippen molar-refractivity contribution in [3.05, 3.63) is 65.0 Å². The van der Waals surface area contributed by atoms with E-state index < -0.39 is 0 Å². The highest BCUT2D eigenvalue weighted by atomic mass is 79.9. The Hall–Kier alpha value is -2.80. The lowest BCUT2D eigenvalue weighted by Crippen LogP contribution is -2.17. The van der Waals surface area contributed by atoms with Crippen molar-refractivity contribution in [3.63, 3.8) is 0 Å². The molecule has 0 saturated carbocycles. The standard InChI is InChI=1S/C18H14BrN5O/c1-24(11-12-5-2-3-9-20-12)18-23-22-17(25-18)14-8-10-21-16-13(14)6-4-7-15(16)19/h2-10H,11H2,1H3. The van der Waals surface area contributed by atoms with E-state index in [-0.39, 0.29) is 0 Å². The number of hydrogen-bond donors (Lipinski definition) is 0. The zero-order chi connectivity index (χ0) is 17.2. The summed E-state index contributed by atoms with van der Waals surface area (Å²) in [6.45, 7) is 0.588. The van der Waals surface area contributed by atoms with Crippen LogP contribution in [0.2, 0.25) is 0 Å². The van der Waals surface area contributed by atoms with E-state index in [0.29, 0.717) is 18.5 Å². The number of hydrogen-bond acceptors (Lipinski definition) is 6. The molecule has 0 bridgehead atoms. The van der Waals surface area contributed by atoms with Crippen LogP contribution in [0, 0.1) is 0 Å². The molecule has 4 aromatic rings. The normalized spacial score (nSPS) is 11.0. The smallest absolute Gasteiger partial charge is 0.318 e. The zero-order valence-corrected chi connectivity index (χ0v) is 15.0. The van der Waals surface area contributed by atoms with Gasteiger partial charge < -0.3 is 9.32 Å². The van der Waals surface area contributed by atoms with Gasteiger partial charge >= 0.3 is 6.01 Å². The first kappa shape index (κ1) is 15.7. The molecule has 6 nitrogen and oxygen atoms in total. The van der Waals surface area contributed by atoms with Gasteiger partial charge in [0.15, 0.2) is 0 Å². The van der Waals surface area contributed by atoms with Gasteiger partial charge in [0, 0.05) is 34.9 Å². The molecule has 0 saturated heterocycles. The van der Waals surface area contributed by atoms with Crippen molar-refractivity contribution in [3.8, 4) is 11.5 Å². The summed E-state index contributed by atoms with van der Waals surface area (Å²) >= 11 is 3.52. The van der Waals surface area contributed by atoms with E-state index in [9.17, 15) is 0 Å². The number of para-hydroxylation sites is 1. The first-order valence-electron chi connectivity index (χ1n) is 7.70. The van der Waals surface area contributed by atoms with Crippen LogP contribution in [0.4, 0.5) is 6.01 Å². The van der Waals surface area contributed by atoms with Crippen molar-refractivity contribution in [2.45, 2.75) is 6.54 Å². The van der Waals surface area contributed by atoms with E-state index >= 15 is 0 Å². The van der Waals surface area contributed by atoms with E-state index in [1.807, 2.05) is 54.4 Å². The Balaban J connectivity index is 1.67. The first-order chi connectivity index (χ1) is 12.2. The number of fused-ring (bicyclic) bond motifs is 1. The van der Waals surface area contributed by atoms with Gasteiger partial charge in [-0.15, -0.1) is 5.10 Å². The Bertz CT molecular complexity index is 1020. The molecule has 0 aliphatic rings. The van der Waals surface area contributed by atoms with Gasteiger partial charge in [-0.2, -0.15) is 0 Å². The van der Waals surface area contributed by atoms with Gasteiger partial charge in [0.25, 0.3) is 0 Å². The van der Waals surface area contributed by atoms with Crippen LogP contribution in [-0.4, -0.2) is 27.2 Å². The summed E-state index contributed by atoms with van der Waals surface area (Å²) in [6, 6.07) is 14.0. The molecule has 3 heterocycles. The number of anilines is 1. The average molecular weight is 396 g/mol. The molecule has 25 heavy (non-hydrogen) atoms. The summed E-state index contributed by atoms with van der Waals surface area (Å²) in [5.41, 5.74) is 2.65. The fourth-order valence-electron chi connectivity index (χ4n) is 2.61. The zero-order valence-electron chi connectivity index (χ0n) is 13.4. The second-order valence-electron chi connectivity index (χ2n) is 5.56. The largest absolute Gasteiger partial charge is 0.403 e. The van der Waals surface area contributed by atoms with Crippen molar-refractivity contribution >= 4 is 32.8 Å². The minimum Gasteiger partial charge on any atom is -0.403 e. The monoisotopic (exact) mass is 395 g/mol. The quantitative estimate of drug-likeness (QED) is 0.518. The van der Waals surface area contributed by atoms with Crippen molar-refractivity contribution in [1.29, 1.82) is 0 Å². The molecule has 0 atom stereocenters. The third-order valence-electron chi connectivity index (χ3n) is 3.82. The molecule has 0 N–H and O–H groups in total. The molecule has 0 fully saturated rings. The maximum atomic E-state index is 5.88. The third kappa shape index (κ3) is 3.10. The van der Waals surface area contributed by atoms with Crippen LogP contribution in [0.5, 0.6) is 0 Å². The van der Waals surface area contributed by atoms with E-state index in [1.165, 1.54) is 0 Å². The predicted molar refractivity (Wildman–Crippen MR) is 99.1 cm³/mol. The number of benzene rings is 1. The maximum absolute atomic E-state index is 5.88. The molecule has 0 aliphatic carbocycles. The van der Waals surface area contributed by atoms with Gasteiger partial charge in [0.05, 0.1) is 17.8 Å². The Kier molecular flexibility index (Phi) is 4.15. The fourth-order valence-corrected chi connectivity index (χ4v) is 3.08. The molecule has 3 aromatic heterocycles. The Morgan fingerprint density at radius 2 is 1.92 bits per heavy atom. The van der Waals surface area contributed by atoms with Crippen LogP contribution in [0.25, 0.3) is 22.4 Å². The fraction of sp³-hybridized carbons (Fsp3) is 0.111. The summed E-state index contributed by atoms with van der Waals surface area (Å²) < 4.78 is 6.81. The molecule has 1 aromatic carbocycles. The van der Waals surface area contributed by atoms with Gasteiger partial charge in [0.1, 0.15) is 0 Å². The second kappa shape index (κ2) is 6.60. The number of rotatable bonds is 4. The number of halogens is 1. The molecule has 4 rings (SSSR count). The summed E-state index contributed by atoms with van der Waals surface area (Å²) in [4.78, 5) is 10.6. The Labute approximate surface area is 152 Å².